The lowest BCUT2D eigenvalue weighted by Crippen LogP contribution is -2.14. The van der Waals surface area contributed by atoms with Gasteiger partial charge < -0.3 is 4.74 Å². The standard InChI is InChI=1S/C19H18N6O2S/c1-2-10-24-18(20-22-23-24)13-27-19(26)16-12-15(17-9-6-11-28-17)21-25(16)14-7-4-3-5-8-14/h3-9,11-12H,2,10,13H2,1H3. The van der Waals surface area contributed by atoms with Gasteiger partial charge in [0.15, 0.2) is 18.1 Å². The van der Waals surface area contributed by atoms with E-state index in [0.717, 1.165) is 22.7 Å². The summed E-state index contributed by atoms with van der Waals surface area (Å²) in [5.41, 5.74) is 1.86. The number of aromatic nitrogens is 6. The summed E-state index contributed by atoms with van der Waals surface area (Å²) in [5.74, 6) is 0.0321. The molecule has 3 aromatic heterocycles. The number of aryl methyl sites for hydroxylation is 1. The quantitative estimate of drug-likeness (QED) is 0.447. The van der Waals surface area contributed by atoms with E-state index in [9.17, 15) is 4.79 Å². The van der Waals surface area contributed by atoms with Gasteiger partial charge in [-0.1, -0.05) is 31.2 Å². The van der Waals surface area contributed by atoms with Gasteiger partial charge in [-0.2, -0.15) is 5.10 Å². The SMILES string of the molecule is CCCn1nnnc1COC(=O)c1cc(-c2cccs2)nn1-c1ccccc1. The number of nitrogens with zero attached hydrogens (tertiary/aromatic N) is 6. The molecule has 0 aliphatic rings. The Kier molecular flexibility index (Phi) is 5.24. The third-order valence-corrected chi connectivity index (χ3v) is 4.96. The first-order valence-electron chi connectivity index (χ1n) is 8.88. The molecular weight excluding hydrogens is 376 g/mol. The van der Waals surface area contributed by atoms with Crippen LogP contribution in [0.25, 0.3) is 16.3 Å². The predicted molar refractivity (Wildman–Crippen MR) is 104 cm³/mol. The molecule has 0 aliphatic heterocycles. The van der Waals surface area contributed by atoms with E-state index in [0.29, 0.717) is 18.1 Å². The Morgan fingerprint density at radius 1 is 1.18 bits per heavy atom. The summed E-state index contributed by atoms with van der Waals surface area (Å²) in [4.78, 5) is 13.8. The Balaban J connectivity index is 1.62. The molecule has 142 valence electrons. The molecule has 3 heterocycles. The van der Waals surface area contributed by atoms with E-state index in [2.05, 4.69) is 20.6 Å². The summed E-state index contributed by atoms with van der Waals surface area (Å²) >= 11 is 1.57. The van der Waals surface area contributed by atoms with Crippen molar-refractivity contribution in [1.82, 2.24) is 30.0 Å². The van der Waals surface area contributed by atoms with E-state index >= 15 is 0 Å². The lowest BCUT2D eigenvalue weighted by molar-refractivity contribution is 0.0445. The van der Waals surface area contributed by atoms with Crippen molar-refractivity contribution in [1.29, 1.82) is 0 Å². The molecule has 1 aromatic carbocycles. The average Bonchev–Trinajstić information content (AvgIpc) is 3.47. The zero-order valence-corrected chi connectivity index (χ0v) is 16.0. The number of thiophene rings is 1. The van der Waals surface area contributed by atoms with Gasteiger partial charge in [0.25, 0.3) is 0 Å². The van der Waals surface area contributed by atoms with Crippen LogP contribution in [0.4, 0.5) is 0 Å². The third-order valence-electron chi connectivity index (χ3n) is 4.07. The maximum absolute atomic E-state index is 12.8. The van der Waals surface area contributed by atoms with Gasteiger partial charge >= 0.3 is 5.97 Å². The number of ether oxygens (including phenoxy) is 1. The number of hydrogen-bond acceptors (Lipinski definition) is 7. The molecule has 0 saturated carbocycles. The topological polar surface area (TPSA) is 87.7 Å². The van der Waals surface area contributed by atoms with Crippen LogP contribution in [0.5, 0.6) is 0 Å². The molecule has 8 nitrogen and oxygen atoms in total. The van der Waals surface area contributed by atoms with Crippen molar-refractivity contribution in [3.8, 4) is 16.3 Å². The summed E-state index contributed by atoms with van der Waals surface area (Å²) in [6, 6.07) is 15.2. The van der Waals surface area contributed by atoms with Gasteiger partial charge in [-0.15, -0.1) is 16.4 Å². The van der Waals surface area contributed by atoms with Gasteiger partial charge in [-0.05, 0) is 40.4 Å². The smallest absolute Gasteiger partial charge is 0.357 e. The number of rotatable bonds is 7. The van der Waals surface area contributed by atoms with Gasteiger partial charge in [-0.25, -0.2) is 14.2 Å². The molecule has 0 unspecified atom stereocenters. The second kappa shape index (κ2) is 8.13. The Hall–Kier alpha value is -3.33. The first-order chi connectivity index (χ1) is 13.8. The molecule has 0 N–H and O–H groups in total. The highest BCUT2D eigenvalue weighted by Crippen LogP contribution is 2.26. The summed E-state index contributed by atoms with van der Waals surface area (Å²) in [6.07, 6.45) is 0.886. The van der Waals surface area contributed by atoms with E-state index in [-0.39, 0.29) is 6.61 Å². The van der Waals surface area contributed by atoms with E-state index < -0.39 is 5.97 Å². The minimum Gasteiger partial charge on any atom is -0.453 e. The monoisotopic (exact) mass is 394 g/mol. The average molecular weight is 394 g/mol. The van der Waals surface area contributed by atoms with Gasteiger partial charge in [0, 0.05) is 12.6 Å². The molecule has 0 radical (unpaired) electrons. The summed E-state index contributed by atoms with van der Waals surface area (Å²) < 4.78 is 8.73. The molecule has 4 aromatic rings. The third kappa shape index (κ3) is 3.70. The van der Waals surface area contributed by atoms with Crippen molar-refractivity contribution >= 4 is 17.3 Å². The molecule has 9 heteroatoms. The first kappa shape index (κ1) is 18.1. The highest BCUT2D eigenvalue weighted by molar-refractivity contribution is 7.13. The fourth-order valence-corrected chi connectivity index (χ4v) is 3.43. The van der Waals surface area contributed by atoms with Crippen LogP contribution in [0.15, 0.2) is 53.9 Å². The maximum Gasteiger partial charge on any atom is 0.357 e. The molecule has 0 atom stereocenters. The zero-order valence-electron chi connectivity index (χ0n) is 15.2. The van der Waals surface area contributed by atoms with E-state index in [1.165, 1.54) is 0 Å². The van der Waals surface area contributed by atoms with Gasteiger partial charge in [0.2, 0.25) is 0 Å². The lowest BCUT2D eigenvalue weighted by Gasteiger charge is -2.08. The zero-order chi connectivity index (χ0) is 19.3. The van der Waals surface area contributed by atoms with E-state index in [1.807, 2.05) is 54.8 Å². The summed E-state index contributed by atoms with van der Waals surface area (Å²) in [7, 11) is 0. The second-order valence-corrected chi connectivity index (χ2v) is 6.98. The number of benzene rings is 1. The van der Waals surface area contributed by atoms with Crippen LogP contribution < -0.4 is 0 Å². The molecule has 0 spiro atoms. The van der Waals surface area contributed by atoms with Gasteiger partial charge in [0.05, 0.1) is 10.6 Å². The highest BCUT2D eigenvalue weighted by Gasteiger charge is 2.20. The minimum absolute atomic E-state index is 0.000137. The van der Waals surface area contributed by atoms with Crippen LogP contribution in [-0.2, 0) is 17.9 Å². The number of hydrogen-bond donors (Lipinski definition) is 0. The Bertz CT molecular complexity index is 1060. The predicted octanol–water partition coefficient (Wildman–Crippen LogP) is 3.35. The highest BCUT2D eigenvalue weighted by atomic mass is 32.1. The summed E-state index contributed by atoms with van der Waals surface area (Å²) in [6.45, 7) is 2.70. The molecule has 0 amide bonds. The maximum atomic E-state index is 12.8. The summed E-state index contributed by atoms with van der Waals surface area (Å²) in [5, 5.41) is 18.1. The molecule has 0 saturated heterocycles. The van der Waals surface area contributed by atoms with Crippen LogP contribution in [0, 0.1) is 0 Å². The fraction of sp³-hybridized carbons (Fsp3) is 0.211. The van der Waals surface area contributed by atoms with Crippen LogP contribution in [0.1, 0.15) is 29.7 Å². The van der Waals surface area contributed by atoms with Crippen molar-refractivity contribution in [2.75, 3.05) is 0 Å². The van der Waals surface area contributed by atoms with Crippen LogP contribution in [0.3, 0.4) is 0 Å². The van der Waals surface area contributed by atoms with Crippen molar-refractivity contribution in [2.24, 2.45) is 0 Å². The fourth-order valence-electron chi connectivity index (χ4n) is 2.75. The number of carbonyl (C=O) groups excluding carboxylic acids is 1. The van der Waals surface area contributed by atoms with Crippen LogP contribution in [0.2, 0.25) is 0 Å². The van der Waals surface area contributed by atoms with Gasteiger partial charge in [-0.3, -0.25) is 0 Å². The van der Waals surface area contributed by atoms with E-state index in [1.54, 1.807) is 26.8 Å². The van der Waals surface area contributed by atoms with Crippen LogP contribution >= 0.6 is 11.3 Å². The van der Waals surface area contributed by atoms with E-state index in [4.69, 9.17) is 4.74 Å². The second-order valence-electron chi connectivity index (χ2n) is 6.03. The number of tetrazole rings is 1. The molecule has 0 bridgehead atoms. The molecule has 28 heavy (non-hydrogen) atoms. The molecule has 0 fully saturated rings. The number of para-hydroxylation sites is 1. The molecule has 4 rings (SSSR count). The van der Waals surface area contributed by atoms with Gasteiger partial charge in [0.1, 0.15) is 5.69 Å². The first-order valence-corrected chi connectivity index (χ1v) is 9.75. The molecular formula is C19H18N6O2S. The van der Waals surface area contributed by atoms with Crippen molar-refractivity contribution in [3.63, 3.8) is 0 Å². The normalized spacial score (nSPS) is 10.9. The van der Waals surface area contributed by atoms with Crippen molar-refractivity contribution in [2.45, 2.75) is 26.5 Å². The minimum atomic E-state index is -0.481. The number of carbonyl (C=O) groups is 1. The van der Waals surface area contributed by atoms with Crippen molar-refractivity contribution in [3.05, 3.63) is 65.4 Å². The van der Waals surface area contributed by atoms with Crippen LogP contribution in [-0.4, -0.2) is 36.0 Å². The number of esters is 1. The van der Waals surface area contributed by atoms with Crippen molar-refractivity contribution < 1.29 is 9.53 Å². The Morgan fingerprint density at radius 3 is 2.79 bits per heavy atom. The lowest BCUT2D eigenvalue weighted by atomic mass is 10.3. The molecule has 0 aliphatic carbocycles. The Morgan fingerprint density at radius 2 is 2.04 bits per heavy atom. The Labute approximate surface area is 165 Å². The largest absolute Gasteiger partial charge is 0.453 e.